The minimum atomic E-state index is -0.533. The Kier molecular flexibility index (Phi) is 6.34. The number of methoxy groups -OCH3 is 1. The second-order valence-electron chi connectivity index (χ2n) is 6.47. The summed E-state index contributed by atoms with van der Waals surface area (Å²) in [6, 6.07) is 14.6. The van der Waals surface area contributed by atoms with Crippen LogP contribution in [0.3, 0.4) is 0 Å². The second-order valence-corrected chi connectivity index (χ2v) is 6.47. The van der Waals surface area contributed by atoms with E-state index in [-0.39, 0.29) is 11.3 Å². The van der Waals surface area contributed by atoms with Crippen molar-refractivity contribution in [2.24, 2.45) is 5.92 Å². The zero-order valence-corrected chi connectivity index (χ0v) is 15.1. The summed E-state index contributed by atoms with van der Waals surface area (Å²) < 4.78 is 10.2. The van der Waals surface area contributed by atoms with Crippen molar-refractivity contribution in [3.05, 3.63) is 65.2 Å². The van der Waals surface area contributed by atoms with Crippen molar-refractivity contribution in [1.82, 2.24) is 0 Å². The first-order valence-corrected chi connectivity index (χ1v) is 8.40. The lowest BCUT2D eigenvalue weighted by Gasteiger charge is -2.14. The highest BCUT2D eigenvalue weighted by Crippen LogP contribution is 2.24. The molecule has 0 heterocycles. The lowest BCUT2D eigenvalue weighted by Crippen LogP contribution is -2.18. The quantitative estimate of drug-likeness (QED) is 0.578. The summed E-state index contributed by atoms with van der Waals surface area (Å²) >= 11 is 0. The molecule has 0 saturated carbocycles. The molecule has 0 aromatic heterocycles. The van der Waals surface area contributed by atoms with Crippen LogP contribution in [0.25, 0.3) is 0 Å². The van der Waals surface area contributed by atoms with Gasteiger partial charge in [0, 0.05) is 0 Å². The molecule has 0 bridgehead atoms. The van der Waals surface area contributed by atoms with Crippen LogP contribution in [0.5, 0.6) is 5.75 Å². The lowest BCUT2D eigenvalue weighted by atomic mass is 9.97. The summed E-state index contributed by atoms with van der Waals surface area (Å²) in [6.07, 6.45) is 1.01. The number of carbonyl (C=O) groups excluding carboxylic acids is 2. The second kappa shape index (κ2) is 8.47. The SMILES string of the molecule is COC(=O)c1ccccc1OC(=O)[C@H](C)c1ccc(CC(C)C)cc1. The van der Waals surface area contributed by atoms with Crippen molar-refractivity contribution < 1.29 is 19.1 Å². The van der Waals surface area contributed by atoms with Crippen LogP contribution < -0.4 is 4.74 Å². The molecule has 25 heavy (non-hydrogen) atoms. The standard InChI is InChI=1S/C21H24O4/c1-14(2)13-16-9-11-17(12-10-16)15(3)20(22)25-19-8-6-5-7-18(19)21(23)24-4/h5-12,14-15H,13H2,1-4H3/t15-/m1/s1. The molecular formula is C21H24O4. The van der Waals surface area contributed by atoms with Gasteiger partial charge < -0.3 is 9.47 Å². The van der Waals surface area contributed by atoms with Crippen LogP contribution in [0, 0.1) is 5.92 Å². The average molecular weight is 340 g/mol. The fraction of sp³-hybridized carbons (Fsp3) is 0.333. The van der Waals surface area contributed by atoms with Gasteiger partial charge in [-0.1, -0.05) is 50.2 Å². The van der Waals surface area contributed by atoms with E-state index in [0.717, 1.165) is 12.0 Å². The molecule has 1 atom stereocenters. The average Bonchev–Trinajstić information content (AvgIpc) is 2.61. The molecule has 0 aliphatic heterocycles. The Bertz CT molecular complexity index is 732. The van der Waals surface area contributed by atoms with Crippen LogP contribution in [-0.4, -0.2) is 19.0 Å². The van der Waals surface area contributed by atoms with E-state index in [1.54, 1.807) is 31.2 Å². The van der Waals surface area contributed by atoms with Crippen molar-refractivity contribution in [1.29, 1.82) is 0 Å². The van der Waals surface area contributed by atoms with Crippen LogP contribution >= 0.6 is 0 Å². The van der Waals surface area contributed by atoms with Gasteiger partial charge in [-0.25, -0.2) is 4.79 Å². The molecule has 2 rings (SSSR count). The first-order chi connectivity index (χ1) is 11.9. The molecule has 0 unspecified atom stereocenters. The van der Waals surface area contributed by atoms with E-state index in [0.29, 0.717) is 5.92 Å². The Labute approximate surface area is 148 Å². The highest BCUT2D eigenvalue weighted by atomic mass is 16.5. The Hall–Kier alpha value is -2.62. The van der Waals surface area contributed by atoms with Crippen molar-refractivity contribution >= 4 is 11.9 Å². The summed E-state index contributed by atoms with van der Waals surface area (Å²) in [6.45, 7) is 6.14. The molecule has 4 nitrogen and oxygen atoms in total. The van der Waals surface area contributed by atoms with Gasteiger partial charge in [0.25, 0.3) is 0 Å². The number of carbonyl (C=O) groups is 2. The normalized spacial score (nSPS) is 11.9. The monoisotopic (exact) mass is 340 g/mol. The topological polar surface area (TPSA) is 52.6 Å². The molecular weight excluding hydrogens is 316 g/mol. The van der Waals surface area contributed by atoms with Gasteiger partial charge in [0.1, 0.15) is 11.3 Å². The van der Waals surface area contributed by atoms with Crippen molar-refractivity contribution in [2.75, 3.05) is 7.11 Å². The van der Waals surface area contributed by atoms with E-state index in [1.165, 1.54) is 12.7 Å². The first kappa shape index (κ1) is 18.7. The fourth-order valence-electron chi connectivity index (χ4n) is 2.58. The largest absolute Gasteiger partial charge is 0.465 e. The Morgan fingerprint density at radius 3 is 2.20 bits per heavy atom. The number of para-hydroxylation sites is 1. The molecule has 0 fully saturated rings. The van der Waals surface area contributed by atoms with Crippen LogP contribution in [0.4, 0.5) is 0 Å². The fourth-order valence-corrected chi connectivity index (χ4v) is 2.58. The maximum Gasteiger partial charge on any atom is 0.341 e. The molecule has 2 aromatic rings. The highest BCUT2D eigenvalue weighted by Gasteiger charge is 2.21. The van der Waals surface area contributed by atoms with Gasteiger partial charge in [-0.2, -0.15) is 0 Å². The van der Waals surface area contributed by atoms with Crippen molar-refractivity contribution in [3.63, 3.8) is 0 Å². The van der Waals surface area contributed by atoms with Gasteiger partial charge in [-0.15, -0.1) is 0 Å². The number of ether oxygens (including phenoxy) is 2. The van der Waals surface area contributed by atoms with Gasteiger partial charge >= 0.3 is 11.9 Å². The zero-order valence-electron chi connectivity index (χ0n) is 15.1. The van der Waals surface area contributed by atoms with Gasteiger partial charge in [0.05, 0.1) is 13.0 Å². The van der Waals surface area contributed by atoms with Crippen molar-refractivity contribution in [2.45, 2.75) is 33.1 Å². The molecule has 2 aromatic carbocycles. The van der Waals surface area contributed by atoms with Crippen LogP contribution in [-0.2, 0) is 16.0 Å². The molecule has 0 spiro atoms. The van der Waals surface area contributed by atoms with Crippen LogP contribution in [0.2, 0.25) is 0 Å². The minimum Gasteiger partial charge on any atom is -0.465 e. The minimum absolute atomic E-state index is 0.211. The van der Waals surface area contributed by atoms with Gasteiger partial charge in [-0.3, -0.25) is 4.79 Å². The number of hydrogen-bond donors (Lipinski definition) is 0. The van der Waals surface area contributed by atoms with E-state index in [1.807, 2.05) is 24.3 Å². The molecule has 132 valence electrons. The Balaban J connectivity index is 2.12. The summed E-state index contributed by atoms with van der Waals surface area (Å²) in [7, 11) is 1.29. The summed E-state index contributed by atoms with van der Waals surface area (Å²) in [5.74, 6) is -0.577. The predicted molar refractivity (Wildman–Crippen MR) is 96.8 cm³/mol. The maximum absolute atomic E-state index is 12.5. The van der Waals surface area contributed by atoms with Gasteiger partial charge in [0.2, 0.25) is 0 Å². The van der Waals surface area contributed by atoms with Crippen LogP contribution in [0.1, 0.15) is 48.2 Å². The number of hydrogen-bond acceptors (Lipinski definition) is 4. The third kappa shape index (κ3) is 4.92. The van der Waals surface area contributed by atoms with E-state index >= 15 is 0 Å². The first-order valence-electron chi connectivity index (χ1n) is 8.40. The van der Waals surface area contributed by atoms with Gasteiger partial charge in [0.15, 0.2) is 0 Å². The van der Waals surface area contributed by atoms with Gasteiger partial charge in [-0.05, 0) is 42.5 Å². The zero-order chi connectivity index (χ0) is 18.4. The third-order valence-corrected chi connectivity index (χ3v) is 3.98. The molecule has 0 amide bonds. The van der Waals surface area contributed by atoms with E-state index in [4.69, 9.17) is 9.47 Å². The molecule has 4 heteroatoms. The molecule has 0 aliphatic rings. The summed E-state index contributed by atoms with van der Waals surface area (Å²) in [5.41, 5.74) is 2.36. The van der Waals surface area contributed by atoms with E-state index < -0.39 is 17.9 Å². The summed E-state index contributed by atoms with van der Waals surface area (Å²) in [5, 5.41) is 0. The van der Waals surface area contributed by atoms with E-state index in [2.05, 4.69) is 13.8 Å². The number of esters is 2. The predicted octanol–water partition coefficient (Wildman–Crippen LogP) is 4.38. The molecule has 0 radical (unpaired) electrons. The molecule has 0 saturated heterocycles. The van der Waals surface area contributed by atoms with E-state index in [9.17, 15) is 9.59 Å². The lowest BCUT2D eigenvalue weighted by molar-refractivity contribution is -0.135. The molecule has 0 N–H and O–H groups in total. The maximum atomic E-state index is 12.5. The third-order valence-electron chi connectivity index (χ3n) is 3.98. The molecule has 0 aliphatic carbocycles. The number of benzene rings is 2. The Morgan fingerprint density at radius 1 is 0.960 bits per heavy atom. The smallest absolute Gasteiger partial charge is 0.341 e. The number of rotatable bonds is 6. The summed E-state index contributed by atoms with van der Waals surface area (Å²) in [4.78, 5) is 24.2. The van der Waals surface area contributed by atoms with Crippen LogP contribution in [0.15, 0.2) is 48.5 Å². The van der Waals surface area contributed by atoms with Crippen molar-refractivity contribution in [3.8, 4) is 5.75 Å². The highest BCUT2D eigenvalue weighted by molar-refractivity contribution is 5.93. The Morgan fingerprint density at radius 2 is 1.60 bits per heavy atom.